The zero-order chi connectivity index (χ0) is 25.5. The highest BCUT2D eigenvalue weighted by atomic mass is 16.6. The van der Waals surface area contributed by atoms with E-state index in [0.717, 1.165) is 0 Å². The van der Waals surface area contributed by atoms with E-state index in [4.69, 9.17) is 4.74 Å². The largest absolute Gasteiger partial charge is 0.507 e. The zero-order valence-corrected chi connectivity index (χ0v) is 20.4. The van der Waals surface area contributed by atoms with Crippen LogP contribution in [0.1, 0.15) is 87.4 Å². The Bertz CT molecular complexity index is 1280. The summed E-state index contributed by atoms with van der Waals surface area (Å²) in [5.74, 6) is -2.04. The van der Waals surface area contributed by atoms with Gasteiger partial charge in [-0.3, -0.25) is 0 Å². The number of phenols is 2. The van der Waals surface area contributed by atoms with Gasteiger partial charge in [0.1, 0.15) is 11.5 Å². The standard InChI is InChI=1S/C29H30O6/c1-5-16-12-14-18(7-3)25(30)22(16)29(23-17(6-2)13-15-19(8-4)26(23)31)24-20(27(32)33)10-9-11-21(24)28(34)35-29/h9-15,30-31H,5-8H2,1-4H3,(H,32,33). The fourth-order valence-electron chi connectivity index (χ4n) is 5.30. The Labute approximate surface area is 204 Å². The van der Waals surface area contributed by atoms with Gasteiger partial charge in [-0.25, -0.2) is 9.59 Å². The van der Waals surface area contributed by atoms with Gasteiger partial charge in [0.25, 0.3) is 0 Å². The number of fused-ring (bicyclic) bond motifs is 1. The van der Waals surface area contributed by atoms with Crippen LogP contribution in [-0.4, -0.2) is 27.3 Å². The number of carboxylic acids is 1. The van der Waals surface area contributed by atoms with Gasteiger partial charge in [-0.2, -0.15) is 0 Å². The normalized spacial score (nSPS) is 14.0. The molecule has 35 heavy (non-hydrogen) atoms. The first-order valence-corrected chi connectivity index (χ1v) is 12.0. The molecule has 0 aliphatic carbocycles. The van der Waals surface area contributed by atoms with Gasteiger partial charge in [0.05, 0.1) is 22.3 Å². The van der Waals surface area contributed by atoms with Crippen LogP contribution in [0, 0.1) is 0 Å². The second-order valence-electron chi connectivity index (χ2n) is 8.73. The highest BCUT2D eigenvalue weighted by Crippen LogP contribution is 2.56. The van der Waals surface area contributed by atoms with E-state index in [-0.39, 0.29) is 28.2 Å². The number of aromatic carboxylic acids is 1. The average Bonchev–Trinajstić information content (AvgIpc) is 3.15. The second kappa shape index (κ2) is 9.10. The van der Waals surface area contributed by atoms with Crippen molar-refractivity contribution in [2.45, 2.75) is 59.0 Å². The van der Waals surface area contributed by atoms with E-state index in [1.54, 1.807) is 0 Å². The number of carboxylic acid groups (broad SMARTS) is 1. The van der Waals surface area contributed by atoms with Gasteiger partial charge >= 0.3 is 11.9 Å². The highest BCUT2D eigenvalue weighted by molar-refractivity contribution is 6.02. The predicted molar refractivity (Wildman–Crippen MR) is 132 cm³/mol. The lowest BCUT2D eigenvalue weighted by Crippen LogP contribution is -2.34. The molecule has 0 saturated carbocycles. The molecule has 0 bridgehead atoms. The number of carbonyl (C=O) groups excluding carboxylic acids is 1. The number of phenolic OH excluding ortho intramolecular Hbond substituents is 2. The number of hydrogen-bond donors (Lipinski definition) is 3. The van der Waals surface area contributed by atoms with Gasteiger partial charge in [0.15, 0.2) is 5.60 Å². The van der Waals surface area contributed by atoms with E-state index in [2.05, 4.69) is 0 Å². The maximum atomic E-state index is 13.4. The molecule has 182 valence electrons. The number of benzene rings is 3. The molecule has 0 fully saturated rings. The summed E-state index contributed by atoms with van der Waals surface area (Å²) in [6.07, 6.45) is 2.02. The minimum absolute atomic E-state index is 0.0592. The molecule has 0 amide bonds. The van der Waals surface area contributed by atoms with Crippen molar-refractivity contribution in [1.82, 2.24) is 0 Å². The van der Waals surface area contributed by atoms with E-state index in [1.807, 2.05) is 52.0 Å². The Morgan fingerprint density at radius 2 is 1.20 bits per heavy atom. The van der Waals surface area contributed by atoms with Crippen molar-refractivity contribution in [2.24, 2.45) is 0 Å². The van der Waals surface area contributed by atoms with Crippen LogP contribution in [0.5, 0.6) is 11.5 Å². The quantitative estimate of drug-likeness (QED) is 0.390. The topological polar surface area (TPSA) is 104 Å². The molecule has 0 unspecified atom stereocenters. The Hall–Kier alpha value is -3.80. The minimum atomic E-state index is -1.83. The molecular formula is C29H30O6. The third-order valence-electron chi connectivity index (χ3n) is 7.04. The smallest absolute Gasteiger partial charge is 0.340 e. The van der Waals surface area contributed by atoms with Gasteiger partial charge in [-0.15, -0.1) is 0 Å². The lowest BCUT2D eigenvalue weighted by atomic mass is 9.72. The van der Waals surface area contributed by atoms with E-state index < -0.39 is 17.5 Å². The Morgan fingerprint density at radius 1 is 0.743 bits per heavy atom. The highest BCUT2D eigenvalue weighted by Gasteiger charge is 2.55. The molecule has 4 rings (SSSR count). The lowest BCUT2D eigenvalue weighted by molar-refractivity contribution is 0.0228. The van der Waals surface area contributed by atoms with E-state index in [1.165, 1.54) is 18.2 Å². The Balaban J connectivity index is 2.33. The molecule has 6 nitrogen and oxygen atoms in total. The van der Waals surface area contributed by atoms with E-state index >= 15 is 0 Å². The van der Waals surface area contributed by atoms with Crippen molar-refractivity contribution in [2.75, 3.05) is 0 Å². The second-order valence-corrected chi connectivity index (χ2v) is 8.73. The van der Waals surface area contributed by atoms with Crippen LogP contribution in [0.2, 0.25) is 0 Å². The molecule has 1 aliphatic heterocycles. The SMILES string of the molecule is CCc1ccc(CC)c(C2(c3c(CC)ccc(CC)c3O)OC(=O)c3cccc(C(=O)O)c32)c1O. The number of rotatable bonds is 7. The maximum Gasteiger partial charge on any atom is 0.340 e. The lowest BCUT2D eigenvalue weighted by Gasteiger charge is -2.36. The van der Waals surface area contributed by atoms with Crippen LogP contribution in [0.15, 0.2) is 42.5 Å². The van der Waals surface area contributed by atoms with Crippen molar-refractivity contribution in [3.8, 4) is 11.5 Å². The molecule has 0 spiro atoms. The molecule has 6 heteroatoms. The van der Waals surface area contributed by atoms with Crippen LogP contribution in [0.4, 0.5) is 0 Å². The number of aryl methyl sites for hydroxylation is 4. The number of esters is 1. The molecule has 1 aliphatic rings. The number of ether oxygens (including phenoxy) is 1. The third-order valence-corrected chi connectivity index (χ3v) is 7.04. The summed E-state index contributed by atoms with van der Waals surface area (Å²) in [5.41, 5.74) is 1.58. The summed E-state index contributed by atoms with van der Waals surface area (Å²) < 4.78 is 6.21. The van der Waals surface area contributed by atoms with E-state index in [0.29, 0.717) is 59.1 Å². The summed E-state index contributed by atoms with van der Waals surface area (Å²) in [7, 11) is 0. The monoisotopic (exact) mass is 474 g/mol. The molecule has 3 aromatic rings. The predicted octanol–water partition coefficient (Wildman–Crippen LogP) is 5.51. The average molecular weight is 475 g/mol. The van der Waals surface area contributed by atoms with Crippen LogP contribution in [0.25, 0.3) is 0 Å². The van der Waals surface area contributed by atoms with Gasteiger partial charge in [-0.1, -0.05) is 58.0 Å². The molecule has 0 atom stereocenters. The van der Waals surface area contributed by atoms with Gasteiger partial charge in [0.2, 0.25) is 0 Å². The van der Waals surface area contributed by atoms with Crippen LogP contribution >= 0.6 is 0 Å². The summed E-state index contributed by atoms with van der Waals surface area (Å²) >= 11 is 0. The first-order chi connectivity index (χ1) is 16.8. The Kier molecular flexibility index (Phi) is 6.32. The summed E-state index contributed by atoms with van der Waals surface area (Å²) in [6.45, 7) is 7.64. The molecule has 0 saturated heterocycles. The Morgan fingerprint density at radius 3 is 1.63 bits per heavy atom. The van der Waals surface area contributed by atoms with Crippen LogP contribution < -0.4 is 0 Å². The van der Waals surface area contributed by atoms with Crippen molar-refractivity contribution < 1.29 is 29.6 Å². The van der Waals surface area contributed by atoms with Crippen LogP contribution in [-0.2, 0) is 36.0 Å². The molecule has 3 N–H and O–H groups in total. The van der Waals surface area contributed by atoms with Gasteiger partial charge in [0, 0.05) is 5.56 Å². The number of cyclic esters (lactones) is 1. The molecular weight excluding hydrogens is 444 g/mol. The van der Waals surface area contributed by atoms with Gasteiger partial charge < -0.3 is 20.1 Å². The van der Waals surface area contributed by atoms with Crippen molar-refractivity contribution in [3.63, 3.8) is 0 Å². The van der Waals surface area contributed by atoms with Crippen molar-refractivity contribution >= 4 is 11.9 Å². The maximum absolute atomic E-state index is 13.4. The van der Waals surface area contributed by atoms with Gasteiger partial charge in [-0.05, 0) is 60.1 Å². The molecule has 0 radical (unpaired) electrons. The summed E-state index contributed by atoms with van der Waals surface area (Å²) in [5, 5.41) is 33.3. The number of hydrogen-bond acceptors (Lipinski definition) is 5. The first-order valence-electron chi connectivity index (χ1n) is 12.0. The minimum Gasteiger partial charge on any atom is -0.507 e. The third kappa shape index (κ3) is 3.47. The number of carbonyl (C=O) groups is 2. The number of aromatic hydroxyl groups is 2. The van der Waals surface area contributed by atoms with Crippen molar-refractivity contribution in [3.05, 3.63) is 92.5 Å². The van der Waals surface area contributed by atoms with Crippen molar-refractivity contribution in [1.29, 1.82) is 0 Å². The van der Waals surface area contributed by atoms with Crippen LogP contribution in [0.3, 0.4) is 0 Å². The molecule has 3 aromatic carbocycles. The molecule has 1 heterocycles. The fourth-order valence-corrected chi connectivity index (χ4v) is 5.30. The summed E-state index contributed by atoms with van der Waals surface area (Å²) in [4.78, 5) is 25.8. The summed E-state index contributed by atoms with van der Waals surface area (Å²) in [6, 6.07) is 11.9. The first kappa shape index (κ1) is 24.3. The molecule has 0 aromatic heterocycles. The fraction of sp³-hybridized carbons (Fsp3) is 0.310. The van der Waals surface area contributed by atoms with E-state index in [9.17, 15) is 24.9 Å². The zero-order valence-electron chi connectivity index (χ0n) is 20.4.